The molecule has 0 saturated heterocycles. The molecule has 1 amide bonds. The van der Waals surface area contributed by atoms with E-state index in [0.29, 0.717) is 16.4 Å². The zero-order chi connectivity index (χ0) is 23.1. The zero-order valence-electron chi connectivity index (χ0n) is 17.1. The number of nitrogens with one attached hydrogen (secondary N) is 2. The lowest BCUT2D eigenvalue weighted by atomic mass is 10.2. The van der Waals surface area contributed by atoms with E-state index in [1.54, 1.807) is 37.3 Å². The Balaban J connectivity index is 1.59. The highest BCUT2D eigenvalue weighted by molar-refractivity contribution is 6.30. The Morgan fingerprint density at radius 3 is 2.73 bits per heavy atom. The normalized spacial score (nSPS) is 11.1. The van der Waals surface area contributed by atoms with Gasteiger partial charge in [0.05, 0.1) is 17.6 Å². The summed E-state index contributed by atoms with van der Waals surface area (Å²) in [6.07, 6.45) is 1.41. The highest BCUT2D eigenvalue weighted by atomic mass is 35.5. The number of hydrogen-bond acceptors (Lipinski definition) is 5. The van der Waals surface area contributed by atoms with Gasteiger partial charge in [0.1, 0.15) is 17.0 Å². The SMILES string of the molecule is Cc1cc(NC(=O)c2cccc(F)c2)n(-c2nc3c(cnn3-c3cccc(Cl)c3)c(=O)[nH]2)n1. The molecule has 0 spiro atoms. The van der Waals surface area contributed by atoms with Gasteiger partial charge >= 0.3 is 0 Å². The quantitative estimate of drug-likeness (QED) is 0.422. The van der Waals surface area contributed by atoms with E-state index < -0.39 is 17.3 Å². The number of rotatable bonds is 4. The maximum absolute atomic E-state index is 13.5. The molecule has 0 radical (unpaired) electrons. The summed E-state index contributed by atoms with van der Waals surface area (Å²) in [4.78, 5) is 32.6. The first kappa shape index (κ1) is 20.6. The molecule has 9 nitrogen and oxygen atoms in total. The van der Waals surface area contributed by atoms with Crippen LogP contribution < -0.4 is 10.9 Å². The summed E-state index contributed by atoms with van der Waals surface area (Å²) in [6.45, 7) is 1.72. The summed E-state index contributed by atoms with van der Waals surface area (Å²) in [5.41, 5.74) is 1.18. The van der Waals surface area contributed by atoms with E-state index in [0.717, 1.165) is 6.07 Å². The number of carbonyl (C=O) groups excluding carboxylic acids is 1. The second kappa shape index (κ2) is 7.99. The maximum atomic E-state index is 13.5. The number of aromatic nitrogens is 6. The molecule has 164 valence electrons. The molecule has 0 atom stereocenters. The molecule has 0 aliphatic heterocycles. The monoisotopic (exact) mass is 463 g/mol. The first-order valence-corrected chi connectivity index (χ1v) is 10.1. The average Bonchev–Trinajstić information content (AvgIpc) is 3.37. The number of fused-ring (bicyclic) bond motifs is 1. The molecule has 0 unspecified atom stereocenters. The fraction of sp³-hybridized carbons (Fsp3) is 0.0455. The molecule has 0 aliphatic rings. The number of benzene rings is 2. The van der Waals surface area contributed by atoms with Crippen molar-refractivity contribution in [1.29, 1.82) is 0 Å². The molecular weight excluding hydrogens is 449 g/mol. The predicted octanol–water partition coefficient (Wildman–Crippen LogP) is 3.65. The van der Waals surface area contributed by atoms with Crippen molar-refractivity contribution in [2.45, 2.75) is 6.92 Å². The van der Waals surface area contributed by atoms with E-state index >= 15 is 0 Å². The van der Waals surface area contributed by atoms with Crippen molar-refractivity contribution in [3.63, 3.8) is 0 Å². The maximum Gasteiger partial charge on any atom is 0.263 e. The third kappa shape index (κ3) is 3.87. The molecule has 0 fully saturated rings. The molecule has 0 aliphatic carbocycles. The Morgan fingerprint density at radius 2 is 1.94 bits per heavy atom. The average molecular weight is 464 g/mol. The highest BCUT2D eigenvalue weighted by Crippen LogP contribution is 2.20. The number of halogens is 2. The number of anilines is 1. The first-order valence-electron chi connectivity index (χ1n) is 9.77. The molecule has 0 bridgehead atoms. The van der Waals surface area contributed by atoms with Crippen LogP contribution in [0.4, 0.5) is 10.2 Å². The van der Waals surface area contributed by atoms with Crippen molar-refractivity contribution >= 4 is 34.4 Å². The Bertz CT molecular complexity index is 1590. The summed E-state index contributed by atoms with van der Waals surface area (Å²) < 4.78 is 16.3. The Hall–Kier alpha value is -4.31. The van der Waals surface area contributed by atoms with Gasteiger partial charge in [-0.15, -0.1) is 0 Å². The third-order valence-corrected chi connectivity index (χ3v) is 5.07. The van der Waals surface area contributed by atoms with E-state index in [9.17, 15) is 14.0 Å². The van der Waals surface area contributed by atoms with Gasteiger partial charge in [-0.05, 0) is 43.3 Å². The first-order chi connectivity index (χ1) is 15.9. The lowest BCUT2D eigenvalue weighted by Gasteiger charge is -2.09. The largest absolute Gasteiger partial charge is 0.306 e. The number of nitrogens with zero attached hydrogens (tertiary/aromatic N) is 5. The van der Waals surface area contributed by atoms with E-state index in [1.807, 2.05) is 0 Å². The Kier molecular flexibility index (Phi) is 4.98. The molecule has 5 aromatic rings. The fourth-order valence-corrected chi connectivity index (χ4v) is 3.56. The van der Waals surface area contributed by atoms with Crippen LogP contribution in [0.1, 0.15) is 16.1 Å². The zero-order valence-corrected chi connectivity index (χ0v) is 17.8. The van der Waals surface area contributed by atoms with Crippen LogP contribution >= 0.6 is 11.6 Å². The van der Waals surface area contributed by atoms with Crippen LogP contribution in [0.3, 0.4) is 0 Å². The van der Waals surface area contributed by atoms with Gasteiger partial charge in [0.15, 0.2) is 5.65 Å². The molecule has 2 N–H and O–H groups in total. The fourth-order valence-electron chi connectivity index (χ4n) is 3.37. The van der Waals surface area contributed by atoms with Crippen LogP contribution in [0, 0.1) is 12.7 Å². The molecule has 2 aromatic carbocycles. The van der Waals surface area contributed by atoms with E-state index in [1.165, 1.54) is 33.8 Å². The smallest absolute Gasteiger partial charge is 0.263 e. The molecule has 11 heteroatoms. The second-order valence-corrected chi connectivity index (χ2v) is 7.65. The lowest BCUT2D eigenvalue weighted by Crippen LogP contribution is -2.19. The molecule has 3 aromatic heterocycles. The third-order valence-electron chi connectivity index (χ3n) is 4.84. The number of hydrogen-bond donors (Lipinski definition) is 2. The van der Waals surface area contributed by atoms with Crippen molar-refractivity contribution in [1.82, 2.24) is 29.5 Å². The number of carbonyl (C=O) groups is 1. The molecule has 33 heavy (non-hydrogen) atoms. The van der Waals surface area contributed by atoms with Gasteiger partial charge in [-0.25, -0.2) is 9.07 Å². The van der Waals surface area contributed by atoms with Crippen molar-refractivity contribution < 1.29 is 9.18 Å². The van der Waals surface area contributed by atoms with E-state index in [-0.39, 0.29) is 28.4 Å². The van der Waals surface area contributed by atoms with Crippen molar-refractivity contribution in [3.05, 3.63) is 93.2 Å². The molecule has 3 heterocycles. The highest BCUT2D eigenvalue weighted by Gasteiger charge is 2.17. The van der Waals surface area contributed by atoms with Crippen LogP contribution in [-0.2, 0) is 0 Å². The standard InChI is InChI=1S/C22H15ClFN7O2/c1-12-8-18(26-20(32)13-4-2-6-15(24)9-13)31(29-12)22-27-19-17(21(33)28-22)11-25-30(19)16-7-3-5-14(23)10-16/h2-11H,1H3,(H,26,32)(H,27,28,33). The molecule has 0 saturated carbocycles. The van der Waals surface area contributed by atoms with Gasteiger partial charge in [0.25, 0.3) is 11.5 Å². The van der Waals surface area contributed by atoms with Gasteiger partial charge in [-0.1, -0.05) is 23.7 Å². The molecule has 5 rings (SSSR count). The Morgan fingerprint density at radius 1 is 1.12 bits per heavy atom. The molecular formula is C22H15ClFN7O2. The van der Waals surface area contributed by atoms with Gasteiger partial charge in [-0.3, -0.25) is 14.6 Å². The minimum absolute atomic E-state index is 0.0684. The van der Waals surface area contributed by atoms with E-state index in [2.05, 4.69) is 25.5 Å². The minimum Gasteiger partial charge on any atom is -0.306 e. The van der Waals surface area contributed by atoms with Crippen molar-refractivity contribution in [2.75, 3.05) is 5.32 Å². The van der Waals surface area contributed by atoms with Crippen LogP contribution in [-0.4, -0.2) is 35.4 Å². The van der Waals surface area contributed by atoms with Crippen LogP contribution in [0.5, 0.6) is 0 Å². The van der Waals surface area contributed by atoms with Gasteiger partial charge in [0.2, 0.25) is 5.95 Å². The van der Waals surface area contributed by atoms with Crippen LogP contribution in [0.2, 0.25) is 5.02 Å². The summed E-state index contributed by atoms with van der Waals surface area (Å²) in [7, 11) is 0. The number of aromatic amines is 1. The van der Waals surface area contributed by atoms with Crippen LogP contribution in [0.25, 0.3) is 22.7 Å². The van der Waals surface area contributed by atoms with Gasteiger partial charge in [-0.2, -0.15) is 19.9 Å². The summed E-state index contributed by atoms with van der Waals surface area (Å²) in [5, 5.41) is 12.1. The van der Waals surface area contributed by atoms with Gasteiger partial charge in [0, 0.05) is 16.7 Å². The predicted molar refractivity (Wildman–Crippen MR) is 121 cm³/mol. The van der Waals surface area contributed by atoms with Crippen molar-refractivity contribution in [2.24, 2.45) is 0 Å². The number of H-pyrrole nitrogens is 1. The lowest BCUT2D eigenvalue weighted by molar-refractivity contribution is 0.102. The topological polar surface area (TPSA) is 110 Å². The minimum atomic E-state index is -0.539. The number of aryl methyl sites for hydroxylation is 1. The van der Waals surface area contributed by atoms with E-state index in [4.69, 9.17) is 11.6 Å². The van der Waals surface area contributed by atoms with Crippen LogP contribution in [0.15, 0.2) is 65.6 Å². The summed E-state index contributed by atoms with van der Waals surface area (Å²) in [5.74, 6) is -0.752. The Labute approximate surface area is 190 Å². The summed E-state index contributed by atoms with van der Waals surface area (Å²) in [6, 6.07) is 13.9. The number of amides is 1. The second-order valence-electron chi connectivity index (χ2n) is 7.21. The van der Waals surface area contributed by atoms with Crippen molar-refractivity contribution in [3.8, 4) is 11.6 Å². The van der Waals surface area contributed by atoms with Gasteiger partial charge < -0.3 is 5.32 Å². The summed E-state index contributed by atoms with van der Waals surface area (Å²) >= 11 is 6.10.